The van der Waals surface area contributed by atoms with Crippen LogP contribution in [-0.2, 0) is 0 Å². The standard InChI is InChI=1S/C47H27NO/c1-3-16-32-28(12-1)24-25-41-43(32)44-33-17-4-2-13-30(33)27-40(47(44)49-41)29-14-11-15-31(26-29)45-39-23-10-8-21-37(39)42-36-20-7-5-18-34(36)35-19-6-9-22-38(35)46(42)48-45/h1-27H. The van der Waals surface area contributed by atoms with Gasteiger partial charge in [0.05, 0.1) is 11.2 Å². The average molecular weight is 622 g/mol. The highest BCUT2D eigenvalue weighted by atomic mass is 16.3. The third-order valence-electron chi connectivity index (χ3n) is 10.4. The number of pyridine rings is 1. The number of furan rings is 1. The van der Waals surface area contributed by atoms with E-state index in [4.69, 9.17) is 9.40 Å². The molecule has 2 heteroatoms. The van der Waals surface area contributed by atoms with Crippen LogP contribution in [0.4, 0.5) is 0 Å². The lowest BCUT2D eigenvalue weighted by Crippen LogP contribution is -1.93. The van der Waals surface area contributed by atoms with Crippen molar-refractivity contribution < 1.29 is 4.42 Å². The van der Waals surface area contributed by atoms with Gasteiger partial charge >= 0.3 is 0 Å². The molecule has 0 bridgehead atoms. The first-order valence-electron chi connectivity index (χ1n) is 16.8. The van der Waals surface area contributed by atoms with E-state index in [1.54, 1.807) is 0 Å². The normalized spacial score (nSPS) is 12.1. The van der Waals surface area contributed by atoms with Crippen molar-refractivity contribution in [3.8, 4) is 22.4 Å². The molecule has 0 unspecified atom stereocenters. The summed E-state index contributed by atoms with van der Waals surface area (Å²) < 4.78 is 6.80. The monoisotopic (exact) mass is 621 g/mol. The second-order valence-electron chi connectivity index (χ2n) is 13.0. The third kappa shape index (κ3) is 3.74. The molecule has 49 heavy (non-hydrogen) atoms. The topological polar surface area (TPSA) is 26.0 Å². The van der Waals surface area contributed by atoms with Crippen molar-refractivity contribution >= 4 is 86.7 Å². The van der Waals surface area contributed by atoms with Crippen LogP contribution in [0.25, 0.3) is 109 Å². The molecule has 0 saturated carbocycles. The quantitative estimate of drug-likeness (QED) is 0.180. The number of nitrogens with zero attached hydrogens (tertiary/aromatic N) is 1. The van der Waals surface area contributed by atoms with Crippen LogP contribution in [0, 0.1) is 0 Å². The summed E-state index contributed by atoms with van der Waals surface area (Å²) in [7, 11) is 0. The molecule has 226 valence electrons. The first kappa shape index (κ1) is 26.5. The maximum absolute atomic E-state index is 6.80. The minimum absolute atomic E-state index is 0.906. The van der Waals surface area contributed by atoms with E-state index in [0.29, 0.717) is 0 Å². The summed E-state index contributed by atoms with van der Waals surface area (Å²) in [4.78, 5) is 5.54. The largest absolute Gasteiger partial charge is 0.455 e. The molecule has 2 nitrogen and oxygen atoms in total. The van der Waals surface area contributed by atoms with Crippen LogP contribution >= 0.6 is 0 Å². The van der Waals surface area contributed by atoms with E-state index in [9.17, 15) is 0 Å². The fraction of sp³-hybridized carbons (Fsp3) is 0. The molecule has 0 atom stereocenters. The molecule has 11 rings (SSSR count). The number of fused-ring (bicyclic) bond motifs is 15. The van der Waals surface area contributed by atoms with Crippen molar-refractivity contribution in [3.63, 3.8) is 0 Å². The predicted molar refractivity (Wildman–Crippen MR) is 207 cm³/mol. The van der Waals surface area contributed by atoms with Gasteiger partial charge in [-0.1, -0.05) is 146 Å². The highest BCUT2D eigenvalue weighted by Gasteiger charge is 2.20. The highest BCUT2D eigenvalue weighted by molar-refractivity contribution is 6.32. The highest BCUT2D eigenvalue weighted by Crippen LogP contribution is 2.45. The van der Waals surface area contributed by atoms with E-state index in [1.807, 2.05) is 0 Å². The van der Waals surface area contributed by atoms with Crippen molar-refractivity contribution in [2.75, 3.05) is 0 Å². The molecular weight excluding hydrogens is 595 g/mol. The molecule has 2 aromatic heterocycles. The molecule has 0 fully saturated rings. The molecule has 0 N–H and O–H groups in total. The lowest BCUT2D eigenvalue weighted by Gasteiger charge is -2.15. The second-order valence-corrected chi connectivity index (χ2v) is 13.0. The van der Waals surface area contributed by atoms with Gasteiger partial charge in [-0.3, -0.25) is 0 Å². The zero-order valence-corrected chi connectivity index (χ0v) is 26.4. The molecule has 2 heterocycles. The van der Waals surface area contributed by atoms with E-state index in [0.717, 1.165) is 49.8 Å². The summed E-state index contributed by atoms with van der Waals surface area (Å²) in [5, 5.41) is 15.6. The fourth-order valence-electron chi connectivity index (χ4n) is 8.25. The van der Waals surface area contributed by atoms with Gasteiger partial charge in [-0.2, -0.15) is 0 Å². The average Bonchev–Trinajstić information content (AvgIpc) is 3.58. The van der Waals surface area contributed by atoms with Crippen LogP contribution in [0.1, 0.15) is 0 Å². The Balaban J connectivity index is 1.23. The van der Waals surface area contributed by atoms with Gasteiger partial charge in [0.25, 0.3) is 0 Å². The van der Waals surface area contributed by atoms with Crippen LogP contribution < -0.4 is 0 Å². The van der Waals surface area contributed by atoms with Crippen LogP contribution in [-0.4, -0.2) is 4.98 Å². The Hall–Kier alpha value is -6.51. The third-order valence-corrected chi connectivity index (χ3v) is 10.4. The summed E-state index contributed by atoms with van der Waals surface area (Å²) in [5.41, 5.74) is 7.10. The van der Waals surface area contributed by atoms with Gasteiger partial charge in [0.2, 0.25) is 0 Å². The minimum Gasteiger partial charge on any atom is -0.455 e. The zero-order valence-electron chi connectivity index (χ0n) is 26.4. The number of benzene rings is 9. The SMILES string of the molecule is c1cc(-c2nc3c4ccccc4c4ccccc4c3c3ccccc23)cc(-c2cc3ccccc3c3c2oc2ccc4ccccc4c23)c1. The maximum atomic E-state index is 6.80. The lowest BCUT2D eigenvalue weighted by molar-refractivity contribution is 0.670. The van der Waals surface area contributed by atoms with Gasteiger partial charge in [0.15, 0.2) is 0 Å². The Labute approximate surface area is 281 Å². The van der Waals surface area contributed by atoms with E-state index in [1.165, 1.54) is 59.2 Å². The van der Waals surface area contributed by atoms with Crippen molar-refractivity contribution in [2.24, 2.45) is 0 Å². The van der Waals surface area contributed by atoms with Crippen molar-refractivity contribution in [2.45, 2.75) is 0 Å². The van der Waals surface area contributed by atoms with Gasteiger partial charge in [0.1, 0.15) is 11.2 Å². The molecule has 0 aliphatic carbocycles. The number of aromatic nitrogens is 1. The molecule has 0 amide bonds. The fourth-order valence-corrected chi connectivity index (χ4v) is 8.25. The first-order valence-corrected chi connectivity index (χ1v) is 16.8. The van der Waals surface area contributed by atoms with E-state index in [-0.39, 0.29) is 0 Å². The van der Waals surface area contributed by atoms with Crippen LogP contribution in [0.3, 0.4) is 0 Å². The van der Waals surface area contributed by atoms with Gasteiger partial charge in [-0.05, 0) is 66.9 Å². The van der Waals surface area contributed by atoms with Gasteiger partial charge in [-0.25, -0.2) is 4.98 Å². The Kier molecular flexibility index (Phi) is 5.42. The van der Waals surface area contributed by atoms with Gasteiger partial charge in [0, 0.05) is 38.1 Å². The van der Waals surface area contributed by atoms with Crippen molar-refractivity contribution in [1.29, 1.82) is 0 Å². The molecular formula is C47H27NO. The smallest absolute Gasteiger partial charge is 0.143 e. The Morgan fingerprint density at radius 3 is 1.71 bits per heavy atom. The van der Waals surface area contributed by atoms with Crippen LogP contribution in [0.15, 0.2) is 168 Å². The Morgan fingerprint density at radius 2 is 0.939 bits per heavy atom. The molecule has 0 radical (unpaired) electrons. The Morgan fingerprint density at radius 1 is 0.367 bits per heavy atom. The lowest BCUT2D eigenvalue weighted by atomic mass is 9.91. The van der Waals surface area contributed by atoms with Gasteiger partial charge < -0.3 is 4.42 Å². The molecule has 0 aliphatic heterocycles. The summed E-state index contributed by atoms with van der Waals surface area (Å²) >= 11 is 0. The van der Waals surface area contributed by atoms with Gasteiger partial charge in [-0.15, -0.1) is 0 Å². The molecule has 9 aromatic carbocycles. The number of hydrogen-bond donors (Lipinski definition) is 0. The molecule has 11 aromatic rings. The molecule has 0 spiro atoms. The predicted octanol–water partition coefficient (Wildman–Crippen LogP) is 13.2. The zero-order chi connectivity index (χ0) is 32.1. The van der Waals surface area contributed by atoms with E-state index in [2.05, 4.69) is 164 Å². The molecule has 0 aliphatic rings. The molecule has 0 saturated heterocycles. The summed E-state index contributed by atoms with van der Waals surface area (Å²) in [5.74, 6) is 0. The van der Waals surface area contributed by atoms with Crippen LogP contribution in [0.5, 0.6) is 0 Å². The van der Waals surface area contributed by atoms with Crippen molar-refractivity contribution in [1.82, 2.24) is 4.98 Å². The summed E-state index contributed by atoms with van der Waals surface area (Å²) in [6, 6.07) is 58.8. The van der Waals surface area contributed by atoms with Crippen molar-refractivity contribution in [3.05, 3.63) is 164 Å². The number of hydrogen-bond acceptors (Lipinski definition) is 2. The summed E-state index contributed by atoms with van der Waals surface area (Å²) in [6.45, 7) is 0. The Bertz CT molecular complexity index is 3170. The van der Waals surface area contributed by atoms with E-state index >= 15 is 0 Å². The van der Waals surface area contributed by atoms with Crippen LogP contribution in [0.2, 0.25) is 0 Å². The maximum Gasteiger partial charge on any atom is 0.143 e. The number of rotatable bonds is 2. The minimum atomic E-state index is 0.906. The van der Waals surface area contributed by atoms with E-state index < -0.39 is 0 Å². The summed E-state index contributed by atoms with van der Waals surface area (Å²) in [6.07, 6.45) is 0. The second kappa shape index (κ2) is 10.00. The first-order chi connectivity index (χ1) is 24.3.